The van der Waals surface area contributed by atoms with E-state index >= 15 is 0 Å². The summed E-state index contributed by atoms with van der Waals surface area (Å²) in [6.45, 7) is 19.5. The van der Waals surface area contributed by atoms with E-state index in [1.807, 2.05) is 0 Å². The third-order valence-corrected chi connectivity index (χ3v) is 58.5. The van der Waals surface area contributed by atoms with Gasteiger partial charge in [-0.25, -0.2) is 0 Å². The highest BCUT2D eigenvalue weighted by atomic mass is 30.2. The zero-order valence-electron chi connectivity index (χ0n) is 8.35. The van der Waals surface area contributed by atoms with Crippen LogP contribution in [0, 0.1) is 0 Å². The Morgan fingerprint density at radius 3 is 1.33 bits per heavy atom. The highest BCUT2D eigenvalue weighted by molar-refractivity contribution is 8.16. The first kappa shape index (κ1) is 9.95. The van der Waals surface area contributed by atoms with E-state index in [2.05, 4.69) is 56.5 Å². The third-order valence-electron chi connectivity index (χ3n) is 4.18. The Morgan fingerprint density at radius 2 is 1.25 bits per heavy atom. The second-order valence-corrected chi connectivity index (χ2v) is 36.1. The van der Waals surface area contributed by atoms with Gasteiger partial charge in [-0.3, -0.25) is 0 Å². The molecule has 0 saturated carbocycles. The van der Waals surface area contributed by atoms with Crippen molar-refractivity contribution >= 4 is 21.3 Å². The summed E-state index contributed by atoms with van der Waals surface area (Å²) in [7, 11) is -3.25. The molecule has 0 nitrogen and oxygen atoms in total. The van der Waals surface area contributed by atoms with Crippen LogP contribution in [0.3, 0.4) is 0 Å². The maximum absolute atomic E-state index is 4.02. The summed E-state index contributed by atoms with van der Waals surface area (Å²) < 4.78 is 0. The van der Waals surface area contributed by atoms with Crippen LogP contribution in [0.15, 0.2) is 36.8 Å². The first-order valence-electron chi connectivity index (χ1n) is 4.34. The highest BCUT2D eigenvalue weighted by Gasteiger charge is 2.79. The fourth-order valence-corrected chi connectivity index (χ4v) is 66.5. The van der Waals surface area contributed by atoms with Crippen LogP contribution in [0.4, 0.5) is 0 Å². The fourth-order valence-electron chi connectivity index (χ4n) is 2.65. The van der Waals surface area contributed by atoms with E-state index in [1.54, 1.807) is 0 Å². The molecule has 0 aromatic carbocycles. The molecule has 0 spiro atoms. The zero-order chi connectivity index (χ0) is 9.62. The van der Waals surface area contributed by atoms with Crippen LogP contribution in [0.2, 0.25) is 19.6 Å². The molecule has 1 aliphatic heterocycles. The molecular weight excluding hydrogens is 192 g/mol. The molecule has 1 aliphatic rings. The van der Waals surface area contributed by atoms with Crippen molar-refractivity contribution in [3.63, 3.8) is 0 Å². The normalized spacial score (nSPS) is 35.2. The van der Waals surface area contributed by atoms with Gasteiger partial charge in [-0.2, -0.15) is 0 Å². The molecule has 0 aromatic rings. The Kier molecular flexibility index (Phi) is 2.02. The minimum atomic E-state index is -1.20. The molecule has 1 fully saturated rings. The SMILES string of the molecule is C=C[Si]1(C)[Si](C)(C)[Si]1(C=C)C=C. The molecule has 0 N–H and O–H groups in total. The van der Waals surface area contributed by atoms with Gasteiger partial charge < -0.3 is 0 Å². The van der Waals surface area contributed by atoms with Crippen LogP contribution in [0.25, 0.3) is 0 Å². The maximum atomic E-state index is 4.02. The smallest absolute Gasteiger partial charge is 0.0846 e. The molecule has 1 atom stereocenters. The van der Waals surface area contributed by atoms with Gasteiger partial charge in [0, 0.05) is 7.11 Å². The van der Waals surface area contributed by atoms with Crippen molar-refractivity contribution in [2.45, 2.75) is 19.6 Å². The minimum Gasteiger partial charge on any atom is -0.107 e. The van der Waals surface area contributed by atoms with Crippen LogP contribution >= 0.6 is 0 Å². The fraction of sp³-hybridized carbons (Fsp3) is 0.333. The van der Waals surface area contributed by atoms with Gasteiger partial charge in [0.15, 0.2) is 0 Å². The van der Waals surface area contributed by atoms with Gasteiger partial charge >= 0.3 is 0 Å². The van der Waals surface area contributed by atoms with Crippen LogP contribution in [0.5, 0.6) is 0 Å². The van der Waals surface area contributed by atoms with Crippen LogP contribution < -0.4 is 0 Å². The minimum absolute atomic E-state index is 0.971. The predicted octanol–water partition coefficient (Wildman–Crippen LogP) is 2.65. The first-order chi connectivity index (χ1) is 5.43. The molecule has 3 heteroatoms. The summed E-state index contributed by atoms with van der Waals surface area (Å²) >= 11 is 0. The summed E-state index contributed by atoms with van der Waals surface area (Å²) in [5.41, 5.74) is 6.81. The van der Waals surface area contributed by atoms with E-state index in [9.17, 15) is 0 Å². The van der Waals surface area contributed by atoms with Crippen molar-refractivity contribution in [2.75, 3.05) is 0 Å². The van der Waals surface area contributed by atoms with Gasteiger partial charge in [-0.05, 0) is 0 Å². The lowest BCUT2D eigenvalue weighted by atomic mass is 11.2. The molecule has 1 heterocycles. The molecule has 1 rings (SSSR count). The van der Waals surface area contributed by atoms with Crippen molar-refractivity contribution in [2.24, 2.45) is 0 Å². The second kappa shape index (κ2) is 2.43. The summed E-state index contributed by atoms with van der Waals surface area (Å²) in [5, 5.41) is 0. The third kappa shape index (κ3) is 0.677. The Hall–Kier alpha value is -0.129. The van der Waals surface area contributed by atoms with E-state index in [0.29, 0.717) is 0 Å². The van der Waals surface area contributed by atoms with Gasteiger partial charge in [-0.15, -0.1) is 36.8 Å². The summed E-state index contributed by atoms with van der Waals surface area (Å²) in [6, 6.07) is 0. The Morgan fingerprint density at radius 1 is 0.833 bits per heavy atom. The largest absolute Gasteiger partial charge is 0.107 e. The summed E-state index contributed by atoms with van der Waals surface area (Å²) in [6.07, 6.45) is 0. The van der Waals surface area contributed by atoms with Crippen LogP contribution in [-0.2, 0) is 0 Å². The molecule has 12 heavy (non-hydrogen) atoms. The lowest BCUT2D eigenvalue weighted by molar-refractivity contribution is 2.02. The van der Waals surface area contributed by atoms with Crippen molar-refractivity contribution in [3.05, 3.63) is 36.8 Å². The first-order valence-corrected chi connectivity index (χ1v) is 15.1. The lowest BCUT2D eigenvalue weighted by Crippen LogP contribution is -2.26. The van der Waals surface area contributed by atoms with Gasteiger partial charge in [0.1, 0.15) is 0 Å². The molecule has 1 unspecified atom stereocenters. The molecule has 0 aromatic heterocycles. The molecule has 0 bridgehead atoms. The monoisotopic (exact) mass is 210 g/mol. The van der Waals surface area contributed by atoms with Gasteiger partial charge in [0.2, 0.25) is 0 Å². The van der Waals surface area contributed by atoms with Gasteiger partial charge in [-0.1, -0.05) is 19.6 Å². The molecule has 66 valence electrons. The lowest BCUT2D eigenvalue weighted by Gasteiger charge is -2.06. The maximum Gasteiger partial charge on any atom is 0.0846 e. The van der Waals surface area contributed by atoms with Crippen LogP contribution in [0.1, 0.15) is 0 Å². The van der Waals surface area contributed by atoms with Crippen molar-refractivity contribution < 1.29 is 0 Å². The molecule has 0 amide bonds. The van der Waals surface area contributed by atoms with E-state index in [1.165, 1.54) is 0 Å². The molecule has 1 saturated heterocycles. The van der Waals surface area contributed by atoms with Crippen molar-refractivity contribution in [3.8, 4) is 0 Å². The summed E-state index contributed by atoms with van der Waals surface area (Å²) in [5.74, 6) is 0. The average Bonchev–Trinajstić information content (AvgIpc) is 2.43. The van der Waals surface area contributed by atoms with E-state index in [4.69, 9.17) is 0 Å². The van der Waals surface area contributed by atoms with E-state index in [0.717, 1.165) is 0 Å². The molecular formula is C9H18Si3. The summed E-state index contributed by atoms with van der Waals surface area (Å²) in [4.78, 5) is 0. The quantitative estimate of drug-likeness (QED) is 0.628. The number of hydrogen-bond donors (Lipinski definition) is 0. The predicted molar refractivity (Wildman–Crippen MR) is 65.4 cm³/mol. The standard InChI is InChI=1S/C9H18Si3/c1-7-11(6)10(4,5)12(11,8-2)9-3/h7-9H,1-3H2,4-6H3. The van der Waals surface area contributed by atoms with Gasteiger partial charge in [0.05, 0.1) is 14.2 Å². The van der Waals surface area contributed by atoms with Crippen molar-refractivity contribution in [1.29, 1.82) is 0 Å². The number of rotatable bonds is 3. The zero-order valence-corrected chi connectivity index (χ0v) is 11.4. The van der Waals surface area contributed by atoms with E-state index in [-0.39, 0.29) is 0 Å². The van der Waals surface area contributed by atoms with E-state index < -0.39 is 21.3 Å². The van der Waals surface area contributed by atoms with Gasteiger partial charge in [0.25, 0.3) is 0 Å². The second-order valence-electron chi connectivity index (χ2n) is 4.31. The average molecular weight is 211 g/mol. The topological polar surface area (TPSA) is 0 Å². The Balaban J connectivity index is 3.21. The van der Waals surface area contributed by atoms with Crippen molar-refractivity contribution in [1.82, 2.24) is 0 Å². The van der Waals surface area contributed by atoms with Crippen LogP contribution in [-0.4, -0.2) is 21.3 Å². The number of hydrogen-bond acceptors (Lipinski definition) is 0. The molecule has 0 aliphatic carbocycles. The Labute approximate surface area is 78.1 Å². The molecule has 0 radical (unpaired) electrons. The Bertz CT molecular complexity index is 246. The highest BCUT2D eigenvalue weighted by Crippen LogP contribution is 2.52.